The Morgan fingerprint density at radius 2 is 1.95 bits per heavy atom. The maximum atomic E-state index is 13.8. The zero-order valence-electron chi connectivity index (χ0n) is 9.42. The zero-order chi connectivity index (χ0) is 13.4. The van der Waals surface area contributed by atoms with Crippen molar-refractivity contribution < 1.29 is 4.39 Å². The van der Waals surface area contributed by atoms with Crippen LogP contribution in [0.3, 0.4) is 0 Å². The van der Waals surface area contributed by atoms with Crippen LogP contribution in [0.25, 0.3) is 16.9 Å². The molecule has 94 valence electrons. The van der Waals surface area contributed by atoms with Crippen molar-refractivity contribution in [2.45, 2.75) is 0 Å². The highest BCUT2D eigenvalue weighted by atomic mass is 35.5. The van der Waals surface area contributed by atoms with Crippen LogP contribution in [-0.2, 0) is 0 Å². The van der Waals surface area contributed by atoms with Crippen molar-refractivity contribution in [1.29, 1.82) is 0 Å². The van der Waals surface area contributed by atoms with Crippen LogP contribution in [0.1, 0.15) is 0 Å². The molecule has 0 saturated carbocycles. The van der Waals surface area contributed by atoms with Crippen LogP contribution in [0.15, 0.2) is 41.5 Å². The summed E-state index contributed by atoms with van der Waals surface area (Å²) in [5.74, 6) is -0.535. The van der Waals surface area contributed by atoms with Crippen molar-refractivity contribution in [3.05, 3.63) is 58.1 Å². The quantitative estimate of drug-likeness (QED) is 0.638. The fourth-order valence-corrected chi connectivity index (χ4v) is 1.88. The van der Waals surface area contributed by atoms with Gasteiger partial charge in [0.15, 0.2) is 5.65 Å². The highest BCUT2D eigenvalue weighted by molar-refractivity contribution is 6.28. The van der Waals surface area contributed by atoms with E-state index < -0.39 is 11.4 Å². The molecular formula is C12H6ClFN4O. The van der Waals surface area contributed by atoms with Crippen LogP contribution in [0, 0.1) is 5.82 Å². The summed E-state index contributed by atoms with van der Waals surface area (Å²) in [6.07, 6.45) is 2.47. The van der Waals surface area contributed by atoms with E-state index in [2.05, 4.69) is 15.0 Å². The smallest absolute Gasteiger partial charge is 0.267 e. The Hall–Kier alpha value is -2.34. The first kappa shape index (κ1) is 11.7. The largest absolute Gasteiger partial charge is 0.275 e. The standard InChI is InChI=1S/C12H6ClFN4O/c13-12-16-5-8-11(17-12)18(10(19)6-15-8)9-4-2-1-3-7(9)14/h1-6H. The van der Waals surface area contributed by atoms with E-state index in [0.29, 0.717) is 5.52 Å². The molecule has 3 rings (SSSR count). The Bertz CT molecular complexity index is 833. The van der Waals surface area contributed by atoms with Crippen LogP contribution in [-0.4, -0.2) is 19.5 Å². The van der Waals surface area contributed by atoms with Gasteiger partial charge in [-0.3, -0.25) is 9.36 Å². The van der Waals surface area contributed by atoms with Crippen LogP contribution < -0.4 is 5.56 Å². The molecule has 0 aliphatic rings. The number of rotatable bonds is 1. The summed E-state index contributed by atoms with van der Waals surface area (Å²) < 4.78 is 14.9. The average Bonchev–Trinajstić information content (AvgIpc) is 2.40. The van der Waals surface area contributed by atoms with E-state index in [1.165, 1.54) is 24.4 Å². The van der Waals surface area contributed by atoms with Crippen LogP contribution in [0.5, 0.6) is 0 Å². The molecule has 0 atom stereocenters. The Morgan fingerprint density at radius 1 is 1.16 bits per heavy atom. The number of aromatic nitrogens is 4. The van der Waals surface area contributed by atoms with Gasteiger partial charge >= 0.3 is 0 Å². The molecule has 0 bridgehead atoms. The second kappa shape index (κ2) is 4.40. The lowest BCUT2D eigenvalue weighted by Crippen LogP contribution is -2.20. The molecule has 0 radical (unpaired) electrons. The fourth-order valence-electron chi connectivity index (χ4n) is 1.75. The van der Waals surface area contributed by atoms with Gasteiger partial charge in [0.1, 0.15) is 11.3 Å². The summed E-state index contributed by atoms with van der Waals surface area (Å²) in [5, 5.41) is -0.0370. The van der Waals surface area contributed by atoms with E-state index >= 15 is 0 Å². The lowest BCUT2D eigenvalue weighted by Gasteiger charge is -2.09. The molecule has 0 fully saturated rings. The molecule has 0 aliphatic heterocycles. The third kappa shape index (κ3) is 1.96. The van der Waals surface area contributed by atoms with Crippen molar-refractivity contribution >= 4 is 22.8 Å². The van der Waals surface area contributed by atoms with Gasteiger partial charge < -0.3 is 0 Å². The minimum Gasteiger partial charge on any atom is -0.267 e. The summed E-state index contributed by atoms with van der Waals surface area (Å²) in [7, 11) is 0. The molecule has 2 heterocycles. The molecule has 0 saturated heterocycles. The number of nitrogens with zero attached hydrogens (tertiary/aromatic N) is 4. The van der Waals surface area contributed by atoms with Crippen molar-refractivity contribution in [3.8, 4) is 5.69 Å². The molecule has 2 aromatic heterocycles. The second-order valence-electron chi connectivity index (χ2n) is 3.73. The first-order valence-electron chi connectivity index (χ1n) is 5.32. The number of para-hydroxylation sites is 1. The minimum atomic E-state index is -0.535. The molecule has 7 heteroatoms. The summed E-state index contributed by atoms with van der Waals surface area (Å²) >= 11 is 5.71. The predicted molar refractivity (Wildman–Crippen MR) is 67.9 cm³/mol. The predicted octanol–water partition coefficient (Wildman–Crippen LogP) is 1.97. The molecular weight excluding hydrogens is 271 g/mol. The Morgan fingerprint density at radius 3 is 2.74 bits per heavy atom. The van der Waals surface area contributed by atoms with Crippen molar-refractivity contribution in [1.82, 2.24) is 19.5 Å². The average molecular weight is 277 g/mol. The van der Waals surface area contributed by atoms with Crippen molar-refractivity contribution in [2.24, 2.45) is 0 Å². The van der Waals surface area contributed by atoms with E-state index in [4.69, 9.17) is 11.6 Å². The highest BCUT2D eigenvalue weighted by Gasteiger charge is 2.12. The maximum Gasteiger partial charge on any atom is 0.275 e. The number of fused-ring (bicyclic) bond motifs is 1. The van der Waals surface area contributed by atoms with Gasteiger partial charge in [-0.15, -0.1) is 0 Å². The third-order valence-corrected chi connectivity index (χ3v) is 2.74. The monoisotopic (exact) mass is 276 g/mol. The molecule has 0 N–H and O–H groups in total. The lowest BCUT2D eigenvalue weighted by atomic mass is 10.3. The number of halogens is 2. The Balaban J connectivity index is 2.46. The van der Waals surface area contributed by atoms with Crippen LogP contribution in [0.2, 0.25) is 5.28 Å². The zero-order valence-corrected chi connectivity index (χ0v) is 10.2. The van der Waals surface area contributed by atoms with Gasteiger partial charge in [0.05, 0.1) is 18.1 Å². The summed E-state index contributed by atoms with van der Waals surface area (Å²) in [5.41, 5.74) is 0.117. The van der Waals surface area contributed by atoms with Gasteiger partial charge in [-0.25, -0.2) is 14.4 Å². The lowest BCUT2D eigenvalue weighted by molar-refractivity contribution is 0.617. The minimum absolute atomic E-state index is 0.0370. The number of hydrogen-bond acceptors (Lipinski definition) is 4. The molecule has 0 unspecified atom stereocenters. The number of benzene rings is 1. The van der Waals surface area contributed by atoms with E-state index in [9.17, 15) is 9.18 Å². The first-order chi connectivity index (χ1) is 9.16. The van der Waals surface area contributed by atoms with Crippen molar-refractivity contribution in [3.63, 3.8) is 0 Å². The summed E-state index contributed by atoms with van der Waals surface area (Å²) in [4.78, 5) is 23.5. The van der Waals surface area contributed by atoms with Crippen molar-refractivity contribution in [2.75, 3.05) is 0 Å². The van der Waals surface area contributed by atoms with Gasteiger partial charge in [0.2, 0.25) is 5.28 Å². The molecule has 0 amide bonds. The molecule has 3 aromatic rings. The summed E-state index contributed by atoms with van der Waals surface area (Å²) in [6.45, 7) is 0. The topological polar surface area (TPSA) is 60.7 Å². The van der Waals surface area contributed by atoms with Crippen LogP contribution >= 0.6 is 11.6 Å². The second-order valence-corrected chi connectivity index (χ2v) is 4.07. The van der Waals surface area contributed by atoms with Gasteiger partial charge in [0, 0.05) is 0 Å². The Kier molecular flexibility index (Phi) is 2.72. The molecule has 19 heavy (non-hydrogen) atoms. The van der Waals surface area contributed by atoms with E-state index in [1.807, 2.05) is 0 Å². The number of hydrogen-bond donors (Lipinski definition) is 0. The summed E-state index contributed by atoms with van der Waals surface area (Å²) in [6, 6.07) is 5.90. The fraction of sp³-hybridized carbons (Fsp3) is 0. The maximum absolute atomic E-state index is 13.8. The molecule has 0 spiro atoms. The SMILES string of the molecule is O=c1cnc2cnc(Cl)nc2n1-c1ccccc1F. The molecule has 5 nitrogen and oxygen atoms in total. The third-order valence-electron chi connectivity index (χ3n) is 2.56. The van der Waals surface area contributed by atoms with E-state index in [-0.39, 0.29) is 16.6 Å². The highest BCUT2D eigenvalue weighted by Crippen LogP contribution is 2.16. The molecule has 1 aromatic carbocycles. The van der Waals surface area contributed by atoms with Gasteiger partial charge in [-0.2, -0.15) is 4.98 Å². The van der Waals surface area contributed by atoms with Gasteiger partial charge in [-0.05, 0) is 23.7 Å². The van der Waals surface area contributed by atoms with E-state index in [1.54, 1.807) is 6.07 Å². The van der Waals surface area contributed by atoms with Crippen LogP contribution in [0.4, 0.5) is 4.39 Å². The van der Waals surface area contributed by atoms with E-state index in [0.717, 1.165) is 10.8 Å². The Labute approximate surface area is 111 Å². The van der Waals surface area contributed by atoms with Gasteiger partial charge in [-0.1, -0.05) is 12.1 Å². The normalized spacial score (nSPS) is 10.8. The first-order valence-corrected chi connectivity index (χ1v) is 5.70. The van der Waals surface area contributed by atoms with Gasteiger partial charge in [0.25, 0.3) is 5.56 Å². The molecule has 0 aliphatic carbocycles.